The molecule has 0 N–H and O–H groups in total. The molecule has 2 nitrogen and oxygen atoms in total. The lowest BCUT2D eigenvalue weighted by Crippen LogP contribution is -1.60. The Kier molecular flexibility index (Phi) is 13.0. The highest BCUT2D eigenvalue weighted by Crippen LogP contribution is 1.93. The van der Waals surface area contributed by atoms with E-state index in [0.29, 0.717) is 0 Å². The molecule has 0 bridgehead atoms. The molecule has 10 heavy (non-hydrogen) atoms. The fourth-order valence-electron chi connectivity index (χ4n) is 0.190. The van der Waals surface area contributed by atoms with Gasteiger partial charge in [-0.15, -0.1) is 0 Å². The van der Waals surface area contributed by atoms with Gasteiger partial charge in [-0.3, -0.25) is 0 Å². The topological polar surface area (TPSA) is 24.7 Å². The van der Waals surface area contributed by atoms with E-state index in [1.165, 1.54) is 6.20 Å². The maximum atomic E-state index is 3.73. The van der Waals surface area contributed by atoms with E-state index in [0.717, 1.165) is 5.70 Å². The second-order valence-electron chi connectivity index (χ2n) is 1.33. The highest BCUT2D eigenvalue weighted by atomic mass is 15.1. The van der Waals surface area contributed by atoms with E-state index in [1.807, 2.05) is 33.8 Å². The van der Waals surface area contributed by atoms with Crippen molar-refractivity contribution in [2.24, 2.45) is 10.2 Å². The van der Waals surface area contributed by atoms with Gasteiger partial charge in [-0.25, -0.2) is 0 Å². The molecule has 2 heteroatoms. The first-order valence-corrected chi connectivity index (χ1v) is 3.46. The third kappa shape index (κ3) is 10.1. The molecule has 0 amide bonds. The van der Waals surface area contributed by atoms with E-state index >= 15 is 0 Å². The molecular formula is C8H16N2. The van der Waals surface area contributed by atoms with Gasteiger partial charge in [0.25, 0.3) is 0 Å². The monoisotopic (exact) mass is 140 g/mol. The number of azo groups is 1. The quantitative estimate of drug-likeness (QED) is 0.524. The van der Waals surface area contributed by atoms with Crippen LogP contribution in [0.3, 0.4) is 0 Å². The predicted octanol–water partition coefficient (Wildman–Crippen LogP) is 3.53. The van der Waals surface area contributed by atoms with Gasteiger partial charge in [0.15, 0.2) is 0 Å². The van der Waals surface area contributed by atoms with Gasteiger partial charge in [0.2, 0.25) is 0 Å². The van der Waals surface area contributed by atoms with Gasteiger partial charge in [-0.1, -0.05) is 26.5 Å². The van der Waals surface area contributed by atoms with E-state index in [-0.39, 0.29) is 0 Å². The molecule has 0 unspecified atom stereocenters. The Bertz CT molecular complexity index is 123. The van der Waals surface area contributed by atoms with Crippen LogP contribution in [0.15, 0.2) is 34.8 Å². The summed E-state index contributed by atoms with van der Waals surface area (Å²) in [5.74, 6) is 0. The van der Waals surface area contributed by atoms with Crippen molar-refractivity contribution in [3.63, 3.8) is 0 Å². The molecule has 0 fully saturated rings. The Morgan fingerprint density at radius 3 is 2.20 bits per heavy atom. The summed E-state index contributed by atoms with van der Waals surface area (Å²) in [6, 6.07) is 0. The lowest BCUT2D eigenvalue weighted by atomic mass is 10.5. The highest BCUT2D eigenvalue weighted by Gasteiger charge is 1.73. The van der Waals surface area contributed by atoms with Crippen molar-refractivity contribution in [3.8, 4) is 0 Å². The average Bonchev–Trinajstić information content (AvgIpc) is 2.04. The van der Waals surface area contributed by atoms with Gasteiger partial charge in [0.1, 0.15) is 0 Å². The smallest absolute Gasteiger partial charge is 0.0557 e. The van der Waals surface area contributed by atoms with Gasteiger partial charge in [-0.2, -0.15) is 10.2 Å². The van der Waals surface area contributed by atoms with Crippen LogP contribution in [0, 0.1) is 0 Å². The first-order chi connectivity index (χ1) is 4.81. The van der Waals surface area contributed by atoms with Gasteiger partial charge < -0.3 is 0 Å². The largest absolute Gasteiger partial charge is 0.160 e. The van der Waals surface area contributed by atoms with Crippen LogP contribution in [0.4, 0.5) is 0 Å². The summed E-state index contributed by atoms with van der Waals surface area (Å²) < 4.78 is 0. The Labute approximate surface area is 63.4 Å². The Hall–Kier alpha value is -0.920. The SMILES string of the molecule is C=CN=N/C(C)=C\C.CC. The summed E-state index contributed by atoms with van der Waals surface area (Å²) in [7, 11) is 0. The van der Waals surface area contributed by atoms with Crippen molar-refractivity contribution < 1.29 is 0 Å². The molecule has 0 aromatic heterocycles. The second kappa shape index (κ2) is 11.0. The zero-order chi connectivity index (χ0) is 8.41. The minimum absolute atomic E-state index is 0.907. The van der Waals surface area contributed by atoms with E-state index in [9.17, 15) is 0 Å². The van der Waals surface area contributed by atoms with Gasteiger partial charge in [0.05, 0.1) is 5.70 Å². The summed E-state index contributed by atoms with van der Waals surface area (Å²) in [5.41, 5.74) is 0.907. The Morgan fingerprint density at radius 2 is 1.90 bits per heavy atom. The van der Waals surface area contributed by atoms with Crippen LogP contribution in [-0.4, -0.2) is 0 Å². The molecule has 0 aliphatic heterocycles. The minimum Gasteiger partial charge on any atom is -0.160 e. The normalized spacial score (nSPS) is 10.6. The van der Waals surface area contributed by atoms with Crippen molar-refractivity contribution in [1.29, 1.82) is 0 Å². The summed E-state index contributed by atoms with van der Waals surface area (Å²) in [5, 5.41) is 7.29. The molecule has 0 radical (unpaired) electrons. The van der Waals surface area contributed by atoms with Crippen LogP contribution in [0.5, 0.6) is 0 Å². The van der Waals surface area contributed by atoms with E-state index in [1.54, 1.807) is 0 Å². The zero-order valence-corrected chi connectivity index (χ0v) is 7.26. The first kappa shape index (κ1) is 11.8. The molecule has 0 atom stereocenters. The van der Waals surface area contributed by atoms with Gasteiger partial charge in [0, 0.05) is 6.20 Å². The van der Waals surface area contributed by atoms with Crippen LogP contribution < -0.4 is 0 Å². The maximum Gasteiger partial charge on any atom is 0.0557 e. The summed E-state index contributed by atoms with van der Waals surface area (Å²) in [6.45, 7) is 11.2. The fraction of sp³-hybridized carbons (Fsp3) is 0.500. The molecule has 0 aromatic rings. The number of hydrogen-bond donors (Lipinski definition) is 0. The average molecular weight is 140 g/mol. The molecule has 58 valence electrons. The Balaban J connectivity index is 0. The molecule has 0 aliphatic rings. The minimum atomic E-state index is 0.907. The van der Waals surface area contributed by atoms with Crippen molar-refractivity contribution in [2.45, 2.75) is 27.7 Å². The second-order valence-corrected chi connectivity index (χ2v) is 1.33. The first-order valence-electron chi connectivity index (χ1n) is 3.46. The molecule has 0 spiro atoms. The van der Waals surface area contributed by atoms with Gasteiger partial charge >= 0.3 is 0 Å². The zero-order valence-electron chi connectivity index (χ0n) is 7.26. The van der Waals surface area contributed by atoms with E-state index < -0.39 is 0 Å². The maximum absolute atomic E-state index is 3.73. The molecular weight excluding hydrogens is 124 g/mol. The van der Waals surface area contributed by atoms with Crippen molar-refractivity contribution in [3.05, 3.63) is 24.6 Å². The molecule has 0 heterocycles. The van der Waals surface area contributed by atoms with Crippen LogP contribution in [0.2, 0.25) is 0 Å². The van der Waals surface area contributed by atoms with Crippen LogP contribution in [0.25, 0.3) is 0 Å². The third-order valence-corrected chi connectivity index (χ3v) is 0.715. The predicted molar refractivity (Wildman–Crippen MR) is 45.8 cm³/mol. The Morgan fingerprint density at radius 1 is 1.40 bits per heavy atom. The molecule has 0 aromatic carbocycles. The van der Waals surface area contributed by atoms with E-state index in [2.05, 4.69) is 16.8 Å². The van der Waals surface area contributed by atoms with Gasteiger partial charge in [-0.05, 0) is 13.8 Å². The van der Waals surface area contributed by atoms with Crippen molar-refractivity contribution in [1.82, 2.24) is 0 Å². The van der Waals surface area contributed by atoms with Crippen LogP contribution in [-0.2, 0) is 0 Å². The standard InChI is InChI=1S/C6H10N2.C2H6/c1-4-6(3)8-7-5-2;1-2/h4-5H,2H2,1,3H3;1-2H3/b6-4-,8-7?;. The molecule has 0 saturated carbocycles. The van der Waals surface area contributed by atoms with Crippen molar-refractivity contribution >= 4 is 0 Å². The summed E-state index contributed by atoms with van der Waals surface area (Å²) in [4.78, 5) is 0. The molecule has 0 aliphatic carbocycles. The lowest BCUT2D eigenvalue weighted by Gasteiger charge is -1.80. The number of hydrogen-bond acceptors (Lipinski definition) is 2. The van der Waals surface area contributed by atoms with Crippen LogP contribution >= 0.6 is 0 Å². The molecule has 0 saturated heterocycles. The summed E-state index contributed by atoms with van der Waals surface area (Å²) >= 11 is 0. The number of nitrogens with zero attached hydrogens (tertiary/aromatic N) is 2. The molecule has 0 rings (SSSR count). The number of rotatable bonds is 2. The lowest BCUT2D eigenvalue weighted by molar-refractivity contribution is 1.12. The van der Waals surface area contributed by atoms with Crippen LogP contribution in [0.1, 0.15) is 27.7 Å². The van der Waals surface area contributed by atoms with Crippen molar-refractivity contribution in [2.75, 3.05) is 0 Å². The number of allylic oxidation sites excluding steroid dienone is 2. The fourth-order valence-corrected chi connectivity index (χ4v) is 0.190. The highest BCUT2D eigenvalue weighted by molar-refractivity contribution is 4.91. The third-order valence-electron chi connectivity index (χ3n) is 0.715. The van der Waals surface area contributed by atoms with E-state index in [4.69, 9.17) is 0 Å². The summed E-state index contributed by atoms with van der Waals surface area (Å²) in [6.07, 6.45) is 3.29.